The van der Waals surface area contributed by atoms with Gasteiger partial charge in [0.15, 0.2) is 0 Å². The molecule has 128 valence electrons. The number of aliphatic carboxylic acids is 1. The van der Waals surface area contributed by atoms with Crippen molar-refractivity contribution in [1.29, 1.82) is 0 Å². The summed E-state index contributed by atoms with van der Waals surface area (Å²) in [5.74, 6) is 1.33. The van der Waals surface area contributed by atoms with Gasteiger partial charge in [0.1, 0.15) is 0 Å². The molecular formula is C19H34O2S. The van der Waals surface area contributed by atoms with Crippen LogP contribution < -0.4 is 0 Å². The highest BCUT2D eigenvalue weighted by atomic mass is 32.2. The maximum absolute atomic E-state index is 10.5. The molecule has 22 heavy (non-hydrogen) atoms. The van der Waals surface area contributed by atoms with Crippen LogP contribution in [0, 0.1) is 5.92 Å². The maximum Gasteiger partial charge on any atom is 0.303 e. The van der Waals surface area contributed by atoms with Gasteiger partial charge in [0, 0.05) is 11.7 Å². The Labute approximate surface area is 141 Å². The van der Waals surface area contributed by atoms with Crippen LogP contribution in [0.4, 0.5) is 0 Å². The van der Waals surface area contributed by atoms with E-state index in [0.717, 1.165) is 24.0 Å². The normalized spacial score (nSPS) is 21.7. The summed E-state index contributed by atoms with van der Waals surface area (Å²) in [5, 5.41) is 9.43. The highest BCUT2D eigenvalue weighted by molar-refractivity contribution is 7.99. The van der Waals surface area contributed by atoms with Gasteiger partial charge in [0.05, 0.1) is 0 Å². The van der Waals surface area contributed by atoms with Crippen LogP contribution in [0.15, 0.2) is 12.2 Å². The third-order valence-electron chi connectivity index (χ3n) is 4.48. The van der Waals surface area contributed by atoms with Gasteiger partial charge in [-0.2, -0.15) is 11.8 Å². The van der Waals surface area contributed by atoms with E-state index in [-0.39, 0.29) is 0 Å². The number of carbonyl (C=O) groups is 1. The van der Waals surface area contributed by atoms with Gasteiger partial charge in [0.25, 0.3) is 0 Å². The number of thioether (sulfide) groups is 1. The van der Waals surface area contributed by atoms with Crippen LogP contribution in [0.25, 0.3) is 0 Å². The number of rotatable bonds is 13. The Kier molecular flexibility index (Phi) is 11.6. The molecule has 0 aliphatic heterocycles. The van der Waals surface area contributed by atoms with Crippen molar-refractivity contribution in [2.45, 2.75) is 89.2 Å². The van der Waals surface area contributed by atoms with E-state index in [1.807, 2.05) is 0 Å². The summed E-state index contributed by atoms with van der Waals surface area (Å²) in [6.07, 6.45) is 19.1. The molecule has 0 radical (unpaired) electrons. The molecule has 0 aromatic heterocycles. The Morgan fingerprint density at radius 1 is 1.14 bits per heavy atom. The highest BCUT2D eigenvalue weighted by Crippen LogP contribution is 2.36. The Morgan fingerprint density at radius 3 is 2.73 bits per heavy atom. The first-order valence-electron chi connectivity index (χ1n) is 9.24. The number of hydrogen-bond acceptors (Lipinski definition) is 2. The maximum atomic E-state index is 10.5. The fourth-order valence-electron chi connectivity index (χ4n) is 3.13. The predicted molar refractivity (Wildman–Crippen MR) is 97.6 cm³/mol. The third kappa shape index (κ3) is 9.55. The number of carboxylic acids is 1. The lowest BCUT2D eigenvalue weighted by Crippen LogP contribution is -2.08. The second-order valence-corrected chi connectivity index (χ2v) is 7.83. The lowest BCUT2D eigenvalue weighted by Gasteiger charge is -2.15. The van der Waals surface area contributed by atoms with Crippen molar-refractivity contribution >= 4 is 17.7 Å². The standard InChI is InChI=1S/C19H34O2S/c1-2-3-4-5-6-8-12-17-13-11-14-18(17)22-16-10-7-9-15-19(20)21/h8,12,17-18H,2-7,9-11,13-16H2,1H3,(H,20,21)/b12-8-/t17-,18-/m0/s1. The number of unbranched alkanes of at least 4 members (excludes halogenated alkanes) is 6. The fraction of sp³-hybridized carbons (Fsp3) is 0.842. The highest BCUT2D eigenvalue weighted by Gasteiger charge is 2.24. The predicted octanol–water partition coefficient (Wildman–Crippen LogP) is 6.06. The van der Waals surface area contributed by atoms with Crippen molar-refractivity contribution in [3.8, 4) is 0 Å². The Balaban J connectivity index is 2.07. The summed E-state index contributed by atoms with van der Waals surface area (Å²) in [7, 11) is 0. The van der Waals surface area contributed by atoms with Crippen molar-refractivity contribution < 1.29 is 9.90 Å². The monoisotopic (exact) mass is 326 g/mol. The lowest BCUT2D eigenvalue weighted by atomic mass is 10.1. The molecule has 0 spiro atoms. The van der Waals surface area contributed by atoms with E-state index in [1.54, 1.807) is 0 Å². The topological polar surface area (TPSA) is 37.3 Å². The lowest BCUT2D eigenvalue weighted by molar-refractivity contribution is -0.137. The van der Waals surface area contributed by atoms with Crippen LogP contribution in [0.1, 0.15) is 84.0 Å². The molecule has 1 rings (SSSR count). The molecule has 0 heterocycles. The molecule has 3 heteroatoms. The molecule has 1 fully saturated rings. The van der Waals surface area contributed by atoms with E-state index in [9.17, 15) is 4.79 Å². The first kappa shape index (κ1) is 19.6. The Hall–Kier alpha value is -0.440. The van der Waals surface area contributed by atoms with E-state index in [4.69, 9.17) is 5.11 Å². The van der Waals surface area contributed by atoms with Crippen LogP contribution in [0.2, 0.25) is 0 Å². The quantitative estimate of drug-likeness (QED) is 0.330. The van der Waals surface area contributed by atoms with Crippen molar-refractivity contribution in [3.63, 3.8) is 0 Å². The third-order valence-corrected chi connectivity index (χ3v) is 6.02. The molecule has 0 unspecified atom stereocenters. The van der Waals surface area contributed by atoms with Crippen molar-refractivity contribution in [2.24, 2.45) is 5.92 Å². The zero-order chi connectivity index (χ0) is 16.0. The second-order valence-electron chi connectivity index (χ2n) is 6.49. The molecule has 1 saturated carbocycles. The summed E-state index contributed by atoms with van der Waals surface area (Å²) in [6, 6.07) is 0. The average molecular weight is 327 g/mol. The summed E-state index contributed by atoms with van der Waals surface area (Å²) in [6.45, 7) is 2.26. The zero-order valence-corrected chi connectivity index (χ0v) is 15.1. The van der Waals surface area contributed by atoms with Gasteiger partial charge in [-0.25, -0.2) is 0 Å². The summed E-state index contributed by atoms with van der Waals surface area (Å²) in [4.78, 5) is 10.5. The van der Waals surface area contributed by atoms with E-state index in [2.05, 4.69) is 30.8 Å². The average Bonchev–Trinajstić information content (AvgIpc) is 2.93. The van der Waals surface area contributed by atoms with Gasteiger partial charge in [-0.15, -0.1) is 0 Å². The van der Waals surface area contributed by atoms with Gasteiger partial charge in [-0.3, -0.25) is 4.79 Å². The summed E-state index contributed by atoms with van der Waals surface area (Å²) in [5.41, 5.74) is 0. The Bertz CT molecular complexity index is 315. The van der Waals surface area contributed by atoms with Gasteiger partial charge in [0.2, 0.25) is 0 Å². The van der Waals surface area contributed by atoms with E-state index in [1.165, 1.54) is 63.5 Å². The molecule has 0 aromatic carbocycles. The largest absolute Gasteiger partial charge is 0.481 e. The molecule has 0 bridgehead atoms. The molecular weight excluding hydrogens is 292 g/mol. The van der Waals surface area contributed by atoms with E-state index >= 15 is 0 Å². The van der Waals surface area contributed by atoms with Crippen LogP contribution in [0.3, 0.4) is 0 Å². The van der Waals surface area contributed by atoms with Crippen LogP contribution in [-0.4, -0.2) is 22.1 Å². The van der Waals surface area contributed by atoms with Gasteiger partial charge in [-0.1, -0.05) is 51.2 Å². The zero-order valence-electron chi connectivity index (χ0n) is 14.3. The molecule has 1 aliphatic rings. The van der Waals surface area contributed by atoms with Crippen molar-refractivity contribution in [1.82, 2.24) is 0 Å². The second kappa shape index (κ2) is 13.0. The summed E-state index contributed by atoms with van der Waals surface area (Å²) < 4.78 is 0. The number of allylic oxidation sites excluding steroid dienone is 2. The van der Waals surface area contributed by atoms with Crippen LogP contribution >= 0.6 is 11.8 Å². The minimum atomic E-state index is -0.660. The number of hydrogen-bond donors (Lipinski definition) is 1. The van der Waals surface area contributed by atoms with Crippen molar-refractivity contribution in [2.75, 3.05) is 5.75 Å². The molecule has 1 aliphatic carbocycles. The van der Waals surface area contributed by atoms with E-state index < -0.39 is 5.97 Å². The molecule has 2 atom stereocenters. The first-order chi connectivity index (χ1) is 10.7. The molecule has 0 saturated heterocycles. The van der Waals surface area contributed by atoms with Crippen molar-refractivity contribution in [3.05, 3.63) is 12.2 Å². The van der Waals surface area contributed by atoms with Crippen LogP contribution in [0.5, 0.6) is 0 Å². The van der Waals surface area contributed by atoms with Gasteiger partial charge >= 0.3 is 5.97 Å². The Morgan fingerprint density at radius 2 is 1.95 bits per heavy atom. The molecule has 2 nitrogen and oxygen atoms in total. The van der Waals surface area contributed by atoms with Gasteiger partial charge < -0.3 is 5.11 Å². The summed E-state index contributed by atoms with van der Waals surface area (Å²) >= 11 is 2.12. The minimum absolute atomic E-state index is 0.331. The molecule has 0 amide bonds. The minimum Gasteiger partial charge on any atom is -0.481 e. The first-order valence-corrected chi connectivity index (χ1v) is 10.3. The van der Waals surface area contributed by atoms with E-state index in [0.29, 0.717) is 6.42 Å². The van der Waals surface area contributed by atoms with Gasteiger partial charge in [-0.05, 0) is 50.2 Å². The van der Waals surface area contributed by atoms with Crippen LogP contribution in [-0.2, 0) is 4.79 Å². The molecule has 0 aromatic rings. The smallest absolute Gasteiger partial charge is 0.303 e. The SMILES string of the molecule is CCCCCC/C=C\[C@H]1CCC[C@@H]1SCCCCCC(=O)O. The molecule has 1 N–H and O–H groups in total. The fourth-order valence-corrected chi connectivity index (χ4v) is 4.61. The number of carboxylic acid groups (broad SMARTS) is 1.